The third-order valence-corrected chi connectivity index (χ3v) is 3.13. The van der Waals surface area contributed by atoms with E-state index in [4.69, 9.17) is 5.11 Å². The first-order chi connectivity index (χ1) is 8.69. The molecule has 2 N–H and O–H groups in total. The Kier molecular flexibility index (Phi) is 6.19. The van der Waals surface area contributed by atoms with Crippen molar-refractivity contribution in [1.29, 1.82) is 0 Å². The van der Waals surface area contributed by atoms with Crippen molar-refractivity contribution >= 4 is 11.7 Å². The molecule has 18 heavy (non-hydrogen) atoms. The van der Waals surface area contributed by atoms with Gasteiger partial charge in [0.1, 0.15) is 0 Å². The number of aromatic carboxylic acids is 1. The Morgan fingerprint density at radius 2 is 2.28 bits per heavy atom. The van der Waals surface area contributed by atoms with Crippen LogP contribution >= 0.6 is 0 Å². The fourth-order valence-corrected chi connectivity index (χ4v) is 1.92. The molecule has 1 aromatic heterocycles. The molecule has 1 heterocycles. The van der Waals surface area contributed by atoms with Crippen molar-refractivity contribution in [3.63, 3.8) is 0 Å². The molecule has 4 nitrogen and oxygen atoms in total. The lowest BCUT2D eigenvalue weighted by Crippen LogP contribution is -2.16. The molecule has 0 aliphatic rings. The van der Waals surface area contributed by atoms with Gasteiger partial charge < -0.3 is 10.4 Å². The Bertz CT molecular complexity index is 380. The van der Waals surface area contributed by atoms with Gasteiger partial charge in [-0.15, -0.1) is 0 Å². The monoisotopic (exact) mass is 250 g/mol. The summed E-state index contributed by atoms with van der Waals surface area (Å²) in [7, 11) is 0. The molecule has 1 unspecified atom stereocenters. The van der Waals surface area contributed by atoms with Gasteiger partial charge in [-0.05, 0) is 24.5 Å². The number of carbonyl (C=O) groups is 1. The molecule has 100 valence electrons. The third-order valence-electron chi connectivity index (χ3n) is 3.13. The first-order valence-electron chi connectivity index (χ1n) is 6.61. The van der Waals surface area contributed by atoms with Crippen LogP contribution in [0, 0.1) is 5.92 Å². The number of carboxylic acid groups (broad SMARTS) is 1. The molecular formula is C14H22N2O2. The van der Waals surface area contributed by atoms with E-state index in [9.17, 15) is 4.79 Å². The van der Waals surface area contributed by atoms with Crippen LogP contribution in [0.3, 0.4) is 0 Å². The summed E-state index contributed by atoms with van der Waals surface area (Å²) < 4.78 is 0. The molecule has 0 aromatic carbocycles. The minimum Gasteiger partial charge on any atom is -0.476 e. The van der Waals surface area contributed by atoms with Gasteiger partial charge in [-0.25, -0.2) is 9.78 Å². The molecule has 4 heteroatoms. The quantitative estimate of drug-likeness (QED) is 0.742. The Morgan fingerprint density at radius 3 is 2.89 bits per heavy atom. The van der Waals surface area contributed by atoms with Crippen LogP contribution in [0.25, 0.3) is 0 Å². The van der Waals surface area contributed by atoms with Crippen LogP contribution < -0.4 is 5.32 Å². The van der Waals surface area contributed by atoms with Gasteiger partial charge in [-0.3, -0.25) is 0 Å². The fourth-order valence-electron chi connectivity index (χ4n) is 1.92. The highest BCUT2D eigenvalue weighted by molar-refractivity contribution is 5.91. The number of hydrogen-bond donors (Lipinski definition) is 2. The average molecular weight is 250 g/mol. The van der Waals surface area contributed by atoms with Crippen molar-refractivity contribution in [2.45, 2.75) is 39.5 Å². The lowest BCUT2D eigenvalue weighted by molar-refractivity contribution is 0.0691. The molecule has 0 spiro atoms. The Morgan fingerprint density at radius 1 is 1.50 bits per heavy atom. The van der Waals surface area contributed by atoms with Gasteiger partial charge in [0.2, 0.25) is 0 Å². The summed E-state index contributed by atoms with van der Waals surface area (Å²) in [4.78, 5) is 14.9. The van der Waals surface area contributed by atoms with E-state index in [1.807, 2.05) is 0 Å². The van der Waals surface area contributed by atoms with Crippen molar-refractivity contribution in [2.75, 3.05) is 11.9 Å². The Balaban J connectivity index is 2.59. The minimum atomic E-state index is -0.986. The number of anilines is 1. The van der Waals surface area contributed by atoms with Crippen molar-refractivity contribution in [1.82, 2.24) is 4.98 Å². The third kappa shape index (κ3) is 4.35. The van der Waals surface area contributed by atoms with Crippen LogP contribution in [0.5, 0.6) is 0 Å². The van der Waals surface area contributed by atoms with Crippen LogP contribution in [0.15, 0.2) is 18.3 Å². The highest BCUT2D eigenvalue weighted by Crippen LogP contribution is 2.16. The van der Waals surface area contributed by atoms with E-state index in [-0.39, 0.29) is 5.69 Å². The van der Waals surface area contributed by atoms with E-state index in [1.54, 1.807) is 12.1 Å². The summed E-state index contributed by atoms with van der Waals surface area (Å²) in [6.45, 7) is 5.16. The number of carboxylic acids is 1. The van der Waals surface area contributed by atoms with E-state index in [2.05, 4.69) is 24.1 Å². The topological polar surface area (TPSA) is 62.2 Å². The second kappa shape index (κ2) is 7.69. The highest BCUT2D eigenvalue weighted by atomic mass is 16.4. The Labute approximate surface area is 108 Å². The van der Waals surface area contributed by atoms with Gasteiger partial charge in [0, 0.05) is 12.7 Å². The van der Waals surface area contributed by atoms with Gasteiger partial charge >= 0.3 is 5.97 Å². The molecule has 1 aromatic rings. The number of aromatic nitrogens is 1. The van der Waals surface area contributed by atoms with Gasteiger partial charge in [-0.2, -0.15) is 0 Å². The van der Waals surface area contributed by atoms with Crippen LogP contribution in [0.4, 0.5) is 5.69 Å². The molecule has 0 bridgehead atoms. The van der Waals surface area contributed by atoms with E-state index in [1.165, 1.54) is 25.5 Å². The zero-order valence-corrected chi connectivity index (χ0v) is 11.1. The first-order valence-corrected chi connectivity index (χ1v) is 6.61. The summed E-state index contributed by atoms with van der Waals surface area (Å²) >= 11 is 0. The van der Waals surface area contributed by atoms with Crippen LogP contribution in [0.2, 0.25) is 0 Å². The van der Waals surface area contributed by atoms with Crippen molar-refractivity contribution < 1.29 is 9.90 Å². The molecule has 0 fully saturated rings. The molecule has 0 aliphatic heterocycles. The number of nitrogens with zero attached hydrogens (tertiary/aromatic N) is 1. The highest BCUT2D eigenvalue weighted by Gasteiger charge is 2.12. The number of unbranched alkanes of at least 4 members (excludes halogenated alkanes) is 1. The zero-order valence-electron chi connectivity index (χ0n) is 11.1. The lowest BCUT2D eigenvalue weighted by atomic mass is 9.99. The first kappa shape index (κ1) is 14.5. The second-order valence-corrected chi connectivity index (χ2v) is 4.50. The van der Waals surface area contributed by atoms with Crippen LogP contribution in [0.1, 0.15) is 50.0 Å². The minimum absolute atomic E-state index is 0.0999. The summed E-state index contributed by atoms with van der Waals surface area (Å²) in [5.74, 6) is -0.397. The smallest absolute Gasteiger partial charge is 0.356 e. The zero-order chi connectivity index (χ0) is 13.4. The molecule has 0 amide bonds. The van der Waals surface area contributed by atoms with E-state index < -0.39 is 5.97 Å². The van der Waals surface area contributed by atoms with E-state index in [0.717, 1.165) is 13.0 Å². The second-order valence-electron chi connectivity index (χ2n) is 4.50. The maximum atomic E-state index is 11.0. The summed E-state index contributed by atoms with van der Waals surface area (Å²) in [5.41, 5.74) is 0.711. The van der Waals surface area contributed by atoms with Gasteiger partial charge in [-0.1, -0.05) is 33.1 Å². The largest absolute Gasteiger partial charge is 0.476 e. The Hall–Kier alpha value is -1.58. The predicted octanol–water partition coefficient (Wildman–Crippen LogP) is 3.41. The summed E-state index contributed by atoms with van der Waals surface area (Å²) in [5, 5.41) is 12.2. The number of pyridine rings is 1. The molecule has 0 radical (unpaired) electrons. The van der Waals surface area contributed by atoms with Gasteiger partial charge in [0.15, 0.2) is 5.69 Å². The molecule has 0 saturated carbocycles. The van der Waals surface area contributed by atoms with Crippen LogP contribution in [-0.2, 0) is 0 Å². The number of rotatable bonds is 8. The van der Waals surface area contributed by atoms with Crippen molar-refractivity contribution in [3.8, 4) is 0 Å². The van der Waals surface area contributed by atoms with Crippen molar-refractivity contribution in [3.05, 3.63) is 24.0 Å². The number of nitrogens with one attached hydrogen (secondary N) is 1. The number of hydrogen-bond acceptors (Lipinski definition) is 3. The van der Waals surface area contributed by atoms with E-state index >= 15 is 0 Å². The lowest BCUT2D eigenvalue weighted by Gasteiger charge is -2.16. The van der Waals surface area contributed by atoms with E-state index in [0.29, 0.717) is 11.6 Å². The normalized spacial score (nSPS) is 12.1. The molecule has 0 aliphatic carbocycles. The summed E-state index contributed by atoms with van der Waals surface area (Å²) in [6.07, 6.45) is 6.21. The van der Waals surface area contributed by atoms with Crippen LogP contribution in [-0.4, -0.2) is 22.6 Å². The molecular weight excluding hydrogens is 228 g/mol. The SMILES string of the molecule is CCCCC(CC)CNc1cccnc1C(=O)O. The molecule has 1 rings (SSSR count). The van der Waals surface area contributed by atoms with Gasteiger partial charge in [0.25, 0.3) is 0 Å². The predicted molar refractivity (Wildman–Crippen MR) is 73.0 cm³/mol. The maximum absolute atomic E-state index is 11.0. The van der Waals surface area contributed by atoms with Crippen molar-refractivity contribution in [2.24, 2.45) is 5.92 Å². The fraction of sp³-hybridized carbons (Fsp3) is 0.571. The molecule has 0 saturated heterocycles. The molecule has 1 atom stereocenters. The summed E-state index contributed by atoms with van der Waals surface area (Å²) in [6, 6.07) is 3.52. The maximum Gasteiger partial charge on any atom is 0.356 e. The standard InChI is InChI=1S/C14H22N2O2/c1-3-5-7-11(4-2)10-16-12-8-6-9-15-13(12)14(17)18/h6,8-9,11,16H,3-5,7,10H2,1-2H3,(H,17,18). The average Bonchev–Trinajstić information content (AvgIpc) is 2.39. The van der Waals surface area contributed by atoms with Gasteiger partial charge in [0.05, 0.1) is 5.69 Å².